The Balaban J connectivity index is 0.000000224. The molecule has 2 aromatic rings. The van der Waals surface area contributed by atoms with E-state index in [4.69, 9.17) is 0 Å². The highest BCUT2D eigenvalue weighted by atomic mass is 17.2. The molecule has 104 valence electrons. The van der Waals surface area contributed by atoms with Crippen LogP contribution in [0.25, 0.3) is 11.2 Å². The second kappa shape index (κ2) is 5.37. The zero-order chi connectivity index (χ0) is 14.0. The highest BCUT2D eigenvalue weighted by molar-refractivity contribution is 5.69. The lowest BCUT2D eigenvalue weighted by atomic mass is 10.5. The van der Waals surface area contributed by atoms with E-state index in [1.165, 1.54) is 17.9 Å². The fraction of sp³-hybridized carbons (Fsp3) is 0.545. The number of rotatable bonds is 0. The van der Waals surface area contributed by atoms with Gasteiger partial charge in [0.1, 0.15) is 0 Å². The van der Waals surface area contributed by atoms with Crippen LogP contribution in [0.2, 0.25) is 0 Å². The predicted octanol–water partition coefficient (Wildman–Crippen LogP) is -0.691. The number of hydrogen-bond acceptors (Lipinski definition) is 5. The Kier molecular flexibility index (Phi) is 3.82. The van der Waals surface area contributed by atoms with E-state index >= 15 is 0 Å². The van der Waals surface area contributed by atoms with E-state index in [0.29, 0.717) is 11.2 Å². The first-order valence-corrected chi connectivity index (χ1v) is 5.85. The largest absolute Gasteiger partial charge is 0.332 e. The molecule has 0 atom stereocenters. The molecule has 3 heterocycles. The predicted molar refractivity (Wildman–Crippen MR) is 67.7 cm³/mol. The van der Waals surface area contributed by atoms with Gasteiger partial charge in [-0.1, -0.05) is 0 Å². The SMILES string of the molecule is C1COOC1.Cn1c(=O)c2c(ncn2C)n(C)c1=O. The van der Waals surface area contributed by atoms with Crippen LogP contribution in [0.15, 0.2) is 15.9 Å². The minimum atomic E-state index is -0.360. The van der Waals surface area contributed by atoms with Crippen molar-refractivity contribution in [3.63, 3.8) is 0 Å². The van der Waals surface area contributed by atoms with Crippen molar-refractivity contribution in [3.8, 4) is 0 Å². The maximum absolute atomic E-state index is 11.7. The molecular weight excluding hydrogens is 252 g/mol. The molecule has 1 saturated heterocycles. The van der Waals surface area contributed by atoms with Crippen molar-refractivity contribution >= 4 is 11.2 Å². The molecule has 1 aliphatic heterocycles. The third-order valence-electron chi connectivity index (χ3n) is 2.86. The summed E-state index contributed by atoms with van der Waals surface area (Å²) in [7, 11) is 4.77. The lowest BCUT2D eigenvalue weighted by Gasteiger charge is -2.02. The van der Waals surface area contributed by atoms with Crippen LogP contribution in [0.1, 0.15) is 6.42 Å². The van der Waals surface area contributed by atoms with Crippen LogP contribution in [0.5, 0.6) is 0 Å². The van der Waals surface area contributed by atoms with Gasteiger partial charge >= 0.3 is 5.69 Å². The van der Waals surface area contributed by atoms with Gasteiger partial charge in [-0.2, -0.15) is 0 Å². The normalized spacial score (nSPS) is 14.5. The van der Waals surface area contributed by atoms with Crippen molar-refractivity contribution < 1.29 is 9.78 Å². The number of nitrogens with zero attached hydrogens (tertiary/aromatic N) is 4. The van der Waals surface area contributed by atoms with Crippen molar-refractivity contribution in [2.45, 2.75) is 6.42 Å². The van der Waals surface area contributed by atoms with Gasteiger partial charge in [-0.05, 0) is 0 Å². The Morgan fingerprint density at radius 3 is 2.26 bits per heavy atom. The summed E-state index contributed by atoms with van der Waals surface area (Å²) >= 11 is 0. The minimum Gasteiger partial charge on any atom is -0.328 e. The van der Waals surface area contributed by atoms with Gasteiger partial charge < -0.3 is 4.57 Å². The Bertz CT molecular complexity index is 685. The van der Waals surface area contributed by atoms with E-state index in [-0.39, 0.29) is 11.2 Å². The first-order chi connectivity index (χ1) is 9.04. The summed E-state index contributed by atoms with van der Waals surface area (Å²) in [5.74, 6) is 0. The van der Waals surface area contributed by atoms with Crippen LogP contribution in [-0.2, 0) is 30.9 Å². The average molecular weight is 268 g/mol. The number of fused-ring (bicyclic) bond motifs is 1. The van der Waals surface area contributed by atoms with Gasteiger partial charge in [-0.25, -0.2) is 19.6 Å². The van der Waals surface area contributed by atoms with E-state index in [2.05, 4.69) is 14.8 Å². The molecule has 19 heavy (non-hydrogen) atoms. The topological polar surface area (TPSA) is 80.3 Å². The molecule has 0 radical (unpaired) electrons. The van der Waals surface area contributed by atoms with Crippen LogP contribution in [-0.4, -0.2) is 31.9 Å². The highest BCUT2D eigenvalue weighted by Gasteiger charge is 2.11. The Hall–Kier alpha value is -1.93. The lowest BCUT2D eigenvalue weighted by molar-refractivity contribution is -0.248. The Morgan fingerprint density at radius 1 is 1.11 bits per heavy atom. The zero-order valence-corrected chi connectivity index (χ0v) is 11.1. The third kappa shape index (κ3) is 2.45. The molecule has 1 aliphatic rings. The van der Waals surface area contributed by atoms with Gasteiger partial charge in [0.25, 0.3) is 5.56 Å². The first kappa shape index (κ1) is 13.5. The summed E-state index contributed by atoms with van der Waals surface area (Å²) in [5.41, 5.74) is 0.180. The van der Waals surface area contributed by atoms with Gasteiger partial charge in [-0.3, -0.25) is 13.9 Å². The average Bonchev–Trinajstić information content (AvgIpc) is 3.06. The van der Waals surface area contributed by atoms with E-state index in [9.17, 15) is 9.59 Å². The molecule has 8 nitrogen and oxygen atoms in total. The van der Waals surface area contributed by atoms with E-state index in [1.54, 1.807) is 18.7 Å². The van der Waals surface area contributed by atoms with Gasteiger partial charge in [-0.15, -0.1) is 0 Å². The molecule has 0 spiro atoms. The Morgan fingerprint density at radius 2 is 1.74 bits per heavy atom. The fourth-order valence-electron chi connectivity index (χ4n) is 1.77. The fourth-order valence-corrected chi connectivity index (χ4v) is 1.77. The first-order valence-electron chi connectivity index (χ1n) is 5.85. The molecule has 0 unspecified atom stereocenters. The lowest BCUT2D eigenvalue weighted by Crippen LogP contribution is -2.37. The van der Waals surface area contributed by atoms with Crippen molar-refractivity contribution in [2.75, 3.05) is 13.2 Å². The maximum Gasteiger partial charge on any atom is 0.332 e. The van der Waals surface area contributed by atoms with Crippen molar-refractivity contribution in [1.82, 2.24) is 18.7 Å². The molecule has 0 saturated carbocycles. The summed E-state index contributed by atoms with van der Waals surface area (Å²) in [6.45, 7) is 1.56. The van der Waals surface area contributed by atoms with Crippen LogP contribution in [0, 0.1) is 0 Å². The monoisotopic (exact) mass is 268 g/mol. The van der Waals surface area contributed by atoms with Gasteiger partial charge in [0.05, 0.1) is 19.5 Å². The molecule has 0 aromatic carbocycles. The van der Waals surface area contributed by atoms with Crippen molar-refractivity contribution in [3.05, 3.63) is 27.2 Å². The molecular formula is C11H16N4O4. The molecule has 0 N–H and O–H groups in total. The molecule has 0 aliphatic carbocycles. The van der Waals surface area contributed by atoms with Gasteiger partial charge in [0.2, 0.25) is 0 Å². The molecule has 1 fully saturated rings. The molecule has 2 aromatic heterocycles. The molecule has 3 rings (SSSR count). The quantitative estimate of drug-likeness (QED) is 0.591. The van der Waals surface area contributed by atoms with Crippen LogP contribution >= 0.6 is 0 Å². The summed E-state index contributed by atoms with van der Waals surface area (Å²) < 4.78 is 4.04. The van der Waals surface area contributed by atoms with Crippen LogP contribution in [0.4, 0.5) is 0 Å². The zero-order valence-electron chi connectivity index (χ0n) is 11.1. The Labute approximate surface area is 108 Å². The van der Waals surface area contributed by atoms with E-state index < -0.39 is 0 Å². The van der Waals surface area contributed by atoms with Gasteiger partial charge in [0, 0.05) is 27.6 Å². The summed E-state index contributed by atoms with van der Waals surface area (Å²) in [4.78, 5) is 36.0. The summed E-state index contributed by atoms with van der Waals surface area (Å²) in [5, 5.41) is 0. The molecule has 8 heteroatoms. The van der Waals surface area contributed by atoms with Crippen LogP contribution in [0.3, 0.4) is 0 Å². The van der Waals surface area contributed by atoms with Gasteiger partial charge in [0.15, 0.2) is 11.2 Å². The highest BCUT2D eigenvalue weighted by Crippen LogP contribution is 2.01. The van der Waals surface area contributed by atoms with Crippen molar-refractivity contribution in [1.29, 1.82) is 0 Å². The summed E-state index contributed by atoms with van der Waals surface area (Å²) in [6.07, 6.45) is 2.57. The second-order valence-electron chi connectivity index (χ2n) is 4.23. The maximum atomic E-state index is 11.7. The number of hydrogen-bond donors (Lipinski definition) is 0. The molecule has 0 amide bonds. The molecule has 0 bridgehead atoms. The third-order valence-corrected chi connectivity index (χ3v) is 2.86. The number of aryl methyl sites for hydroxylation is 2. The van der Waals surface area contributed by atoms with E-state index in [0.717, 1.165) is 24.2 Å². The standard InChI is InChI=1S/C8H10N4O2.C3H6O2/c1-10-4-9-6-5(10)7(13)12(3)8(14)11(6)2;1-2-4-5-3-1/h4H,1-3H3;1-3H2. The van der Waals surface area contributed by atoms with Crippen LogP contribution < -0.4 is 11.2 Å². The number of aromatic nitrogens is 4. The number of imidazole rings is 1. The summed E-state index contributed by atoms with van der Waals surface area (Å²) in [6, 6.07) is 0. The second-order valence-corrected chi connectivity index (χ2v) is 4.23. The van der Waals surface area contributed by atoms with E-state index in [1.807, 2.05) is 0 Å². The smallest absolute Gasteiger partial charge is 0.328 e. The minimum absolute atomic E-state index is 0.317. The van der Waals surface area contributed by atoms with Crippen molar-refractivity contribution in [2.24, 2.45) is 21.1 Å².